The molecule has 7 nitrogen and oxygen atoms in total. The van der Waals surface area contributed by atoms with Crippen LogP contribution in [-0.4, -0.2) is 45.2 Å². The maximum absolute atomic E-state index is 13.0. The standard InChI is InChI=1S/C25H30N6O/c1-16-6-5-7-18(14-16)23-21(15-26-30-23)25(32)29-19-10-12-31(13-11-19)24-20-8-3-4-9-22(20)27-17(2)28-24/h5-7,14-15,19H,3-4,8-13H2,1-2H3,(H,26,30)(H,29,32). The number of H-pyrrole nitrogens is 1. The van der Waals surface area contributed by atoms with Gasteiger partial charge in [0.05, 0.1) is 17.5 Å². The third kappa shape index (κ3) is 4.11. The van der Waals surface area contributed by atoms with Crippen LogP contribution >= 0.6 is 0 Å². The third-order valence-corrected chi connectivity index (χ3v) is 6.59. The van der Waals surface area contributed by atoms with Crippen molar-refractivity contribution in [2.75, 3.05) is 18.0 Å². The molecule has 1 aliphatic heterocycles. The fraction of sp³-hybridized carbons (Fsp3) is 0.440. The van der Waals surface area contributed by atoms with Gasteiger partial charge in [-0.1, -0.05) is 23.8 Å². The van der Waals surface area contributed by atoms with Gasteiger partial charge < -0.3 is 10.2 Å². The topological polar surface area (TPSA) is 86.8 Å². The summed E-state index contributed by atoms with van der Waals surface area (Å²) in [7, 11) is 0. The van der Waals surface area contributed by atoms with E-state index in [0.29, 0.717) is 5.56 Å². The smallest absolute Gasteiger partial charge is 0.255 e. The number of aromatic nitrogens is 4. The van der Waals surface area contributed by atoms with E-state index in [4.69, 9.17) is 4.98 Å². The Kier molecular flexibility index (Phi) is 5.64. The van der Waals surface area contributed by atoms with Crippen LogP contribution < -0.4 is 10.2 Å². The van der Waals surface area contributed by atoms with Gasteiger partial charge >= 0.3 is 0 Å². The van der Waals surface area contributed by atoms with Crippen molar-refractivity contribution in [1.82, 2.24) is 25.5 Å². The zero-order chi connectivity index (χ0) is 22.1. The first-order valence-electron chi connectivity index (χ1n) is 11.6. The van der Waals surface area contributed by atoms with Crippen molar-refractivity contribution in [2.24, 2.45) is 0 Å². The van der Waals surface area contributed by atoms with Crippen LogP contribution in [0, 0.1) is 13.8 Å². The summed E-state index contributed by atoms with van der Waals surface area (Å²) in [6, 6.07) is 8.26. The van der Waals surface area contributed by atoms with E-state index in [-0.39, 0.29) is 11.9 Å². The number of anilines is 1. The lowest BCUT2D eigenvalue weighted by molar-refractivity contribution is 0.0932. The van der Waals surface area contributed by atoms with Crippen molar-refractivity contribution in [2.45, 2.75) is 58.4 Å². The van der Waals surface area contributed by atoms with Crippen LogP contribution in [0.25, 0.3) is 11.3 Å². The number of hydrogen-bond acceptors (Lipinski definition) is 5. The molecule has 3 aromatic rings. The van der Waals surface area contributed by atoms with E-state index in [1.54, 1.807) is 6.20 Å². The number of benzene rings is 1. The highest BCUT2D eigenvalue weighted by atomic mass is 16.1. The number of piperidine rings is 1. The van der Waals surface area contributed by atoms with Crippen molar-refractivity contribution >= 4 is 11.7 Å². The Morgan fingerprint density at radius 1 is 1.12 bits per heavy atom. The van der Waals surface area contributed by atoms with Gasteiger partial charge in [-0.25, -0.2) is 9.97 Å². The van der Waals surface area contributed by atoms with E-state index >= 15 is 0 Å². The predicted molar refractivity (Wildman–Crippen MR) is 125 cm³/mol. The van der Waals surface area contributed by atoms with Gasteiger partial charge in [-0.2, -0.15) is 5.10 Å². The van der Waals surface area contributed by atoms with Gasteiger partial charge in [0.1, 0.15) is 11.6 Å². The molecule has 166 valence electrons. The Bertz CT molecular complexity index is 1130. The van der Waals surface area contributed by atoms with E-state index in [1.807, 2.05) is 32.0 Å². The number of aromatic amines is 1. The van der Waals surface area contributed by atoms with E-state index in [1.165, 1.54) is 24.1 Å². The number of rotatable bonds is 4. The molecule has 0 unspecified atom stereocenters. The molecular weight excluding hydrogens is 400 g/mol. The van der Waals surface area contributed by atoms with Crippen LogP contribution in [0.1, 0.15) is 58.7 Å². The summed E-state index contributed by atoms with van der Waals surface area (Å²) < 4.78 is 0. The van der Waals surface area contributed by atoms with Crippen molar-refractivity contribution in [1.29, 1.82) is 0 Å². The second kappa shape index (κ2) is 8.73. The van der Waals surface area contributed by atoms with Crippen LogP contribution in [0.2, 0.25) is 0 Å². The number of nitrogens with one attached hydrogen (secondary N) is 2. The highest BCUT2D eigenvalue weighted by Crippen LogP contribution is 2.30. The van der Waals surface area contributed by atoms with Crippen LogP contribution in [-0.2, 0) is 12.8 Å². The second-order valence-corrected chi connectivity index (χ2v) is 8.99. The number of nitrogens with zero attached hydrogens (tertiary/aromatic N) is 4. The number of amides is 1. The Labute approximate surface area is 188 Å². The molecule has 2 aliphatic rings. The lowest BCUT2D eigenvalue weighted by Gasteiger charge is -2.35. The average molecular weight is 431 g/mol. The highest BCUT2D eigenvalue weighted by molar-refractivity contribution is 5.99. The molecule has 1 aliphatic carbocycles. The molecule has 2 aromatic heterocycles. The first-order chi connectivity index (χ1) is 15.6. The molecule has 0 saturated carbocycles. The lowest BCUT2D eigenvalue weighted by atomic mass is 9.95. The molecule has 1 saturated heterocycles. The summed E-state index contributed by atoms with van der Waals surface area (Å²) in [5.74, 6) is 1.91. The molecule has 1 fully saturated rings. The molecule has 0 spiro atoms. The highest BCUT2D eigenvalue weighted by Gasteiger charge is 2.27. The molecule has 2 N–H and O–H groups in total. The number of hydrogen-bond donors (Lipinski definition) is 2. The SMILES string of the molecule is Cc1cccc(-c2[nH]ncc2C(=O)NC2CCN(c3nc(C)nc4c3CCCC4)CC2)c1. The van der Waals surface area contributed by atoms with E-state index in [9.17, 15) is 4.79 Å². The Hall–Kier alpha value is -3.22. The van der Waals surface area contributed by atoms with Crippen LogP contribution in [0.15, 0.2) is 30.5 Å². The van der Waals surface area contributed by atoms with E-state index in [0.717, 1.165) is 67.2 Å². The number of carbonyl (C=O) groups is 1. The van der Waals surface area contributed by atoms with E-state index < -0.39 is 0 Å². The molecule has 0 bridgehead atoms. The summed E-state index contributed by atoms with van der Waals surface area (Å²) in [6.07, 6.45) is 8.00. The first-order valence-corrected chi connectivity index (χ1v) is 11.6. The third-order valence-electron chi connectivity index (χ3n) is 6.59. The fourth-order valence-electron chi connectivity index (χ4n) is 4.93. The minimum atomic E-state index is -0.0658. The van der Waals surface area contributed by atoms with Crippen molar-refractivity contribution in [3.8, 4) is 11.3 Å². The molecule has 32 heavy (non-hydrogen) atoms. The van der Waals surface area contributed by atoms with Gasteiger partial charge in [-0.05, 0) is 58.4 Å². The summed E-state index contributed by atoms with van der Waals surface area (Å²) in [5, 5.41) is 10.4. The van der Waals surface area contributed by atoms with Gasteiger partial charge in [-0.3, -0.25) is 9.89 Å². The molecule has 1 amide bonds. The van der Waals surface area contributed by atoms with Crippen LogP contribution in [0.4, 0.5) is 5.82 Å². The average Bonchev–Trinajstić information content (AvgIpc) is 3.29. The summed E-state index contributed by atoms with van der Waals surface area (Å²) in [4.78, 5) is 24.9. The molecule has 0 radical (unpaired) electrons. The van der Waals surface area contributed by atoms with Crippen LogP contribution in [0.3, 0.4) is 0 Å². The van der Waals surface area contributed by atoms with Gasteiger partial charge in [-0.15, -0.1) is 0 Å². The Morgan fingerprint density at radius 3 is 2.75 bits per heavy atom. The molecule has 3 heterocycles. The minimum absolute atomic E-state index is 0.0658. The number of carbonyl (C=O) groups excluding carboxylic acids is 1. The van der Waals surface area contributed by atoms with Crippen LogP contribution in [0.5, 0.6) is 0 Å². The number of fused-ring (bicyclic) bond motifs is 1. The minimum Gasteiger partial charge on any atom is -0.356 e. The first kappa shape index (κ1) is 20.7. The monoisotopic (exact) mass is 430 g/mol. The predicted octanol–water partition coefficient (Wildman–Crippen LogP) is 3.76. The maximum Gasteiger partial charge on any atom is 0.255 e. The van der Waals surface area contributed by atoms with Crippen molar-refractivity contribution < 1.29 is 4.79 Å². The van der Waals surface area contributed by atoms with Gasteiger partial charge in [0.25, 0.3) is 5.91 Å². The summed E-state index contributed by atoms with van der Waals surface area (Å²) >= 11 is 0. The number of aryl methyl sites for hydroxylation is 3. The van der Waals surface area contributed by atoms with E-state index in [2.05, 4.69) is 31.5 Å². The zero-order valence-corrected chi connectivity index (χ0v) is 18.8. The van der Waals surface area contributed by atoms with Crippen molar-refractivity contribution in [3.63, 3.8) is 0 Å². The van der Waals surface area contributed by atoms with Gasteiger partial charge in [0.15, 0.2) is 0 Å². The Morgan fingerprint density at radius 2 is 1.94 bits per heavy atom. The fourth-order valence-corrected chi connectivity index (χ4v) is 4.93. The van der Waals surface area contributed by atoms with Gasteiger partial charge in [0, 0.05) is 36.0 Å². The summed E-state index contributed by atoms with van der Waals surface area (Å²) in [5.41, 5.74) is 6.07. The molecule has 5 rings (SSSR count). The largest absolute Gasteiger partial charge is 0.356 e. The molecule has 7 heteroatoms. The van der Waals surface area contributed by atoms with Crippen molar-refractivity contribution in [3.05, 3.63) is 58.7 Å². The zero-order valence-electron chi connectivity index (χ0n) is 18.8. The quantitative estimate of drug-likeness (QED) is 0.658. The molecule has 1 aromatic carbocycles. The second-order valence-electron chi connectivity index (χ2n) is 8.99. The Balaban J connectivity index is 1.25. The summed E-state index contributed by atoms with van der Waals surface area (Å²) in [6.45, 7) is 5.82. The molecule has 0 atom stereocenters. The van der Waals surface area contributed by atoms with Gasteiger partial charge in [0.2, 0.25) is 0 Å². The lowest BCUT2D eigenvalue weighted by Crippen LogP contribution is -2.45. The normalized spacial score (nSPS) is 16.6. The molecular formula is C25H30N6O. The maximum atomic E-state index is 13.0.